The molecule has 15 nitrogen and oxygen atoms in total. The molecule has 2 aliphatic carbocycles. The third kappa shape index (κ3) is 8.45. The molecule has 3 N–H and O–H groups in total. The molecular formula is C35H44FN5O10S. The zero-order valence-corrected chi connectivity index (χ0v) is 30.3. The highest BCUT2D eigenvalue weighted by Gasteiger charge is 2.62. The molecule has 5 atom stereocenters. The topological polar surface area (TPSA) is 198 Å². The summed E-state index contributed by atoms with van der Waals surface area (Å²) in [5.41, 5.74) is -1.60. The van der Waals surface area contributed by atoms with Crippen LogP contribution in [0.5, 0.6) is 0 Å². The lowest BCUT2D eigenvalue weighted by Gasteiger charge is -2.30. The van der Waals surface area contributed by atoms with Crippen molar-refractivity contribution >= 4 is 45.7 Å². The second kappa shape index (κ2) is 14.3. The van der Waals surface area contributed by atoms with E-state index in [-0.39, 0.29) is 38.0 Å². The molecule has 0 radical (unpaired) electrons. The Bertz CT molecular complexity index is 1820. The minimum absolute atomic E-state index is 0.0371. The van der Waals surface area contributed by atoms with Crippen molar-refractivity contribution in [2.24, 2.45) is 5.92 Å². The Morgan fingerprint density at radius 2 is 1.83 bits per heavy atom. The molecule has 2 heterocycles. The number of likely N-dealkylation sites (tertiary alicyclic amines) is 1. The highest BCUT2D eigenvalue weighted by atomic mass is 32.2. The van der Waals surface area contributed by atoms with E-state index in [4.69, 9.17) is 9.47 Å². The van der Waals surface area contributed by atoms with Gasteiger partial charge in [-0.15, -0.1) is 6.58 Å². The van der Waals surface area contributed by atoms with Gasteiger partial charge in [0, 0.05) is 30.9 Å². The number of alkyl carbamates (subject to hydrolysis) is 1. The lowest BCUT2D eigenvalue weighted by molar-refractivity contribution is -0.141. The zero-order valence-electron chi connectivity index (χ0n) is 29.5. The number of hydrogen-bond acceptors (Lipinski definition) is 10. The summed E-state index contributed by atoms with van der Waals surface area (Å²) in [6.45, 7) is 13.2. The Morgan fingerprint density at radius 3 is 2.40 bits per heavy atom. The second-order valence-electron chi connectivity index (χ2n) is 14.8. The minimum Gasteiger partial charge on any atom is -0.444 e. The molecule has 2 saturated carbocycles. The number of rotatable bonds is 12. The Labute approximate surface area is 301 Å². The first-order valence-corrected chi connectivity index (χ1v) is 18.5. The van der Waals surface area contributed by atoms with Crippen LogP contribution in [0.25, 0.3) is 0 Å². The molecule has 4 aliphatic rings. The van der Waals surface area contributed by atoms with Crippen LogP contribution in [-0.2, 0) is 51.8 Å². The maximum Gasteiger partial charge on any atom is 0.410 e. The van der Waals surface area contributed by atoms with Gasteiger partial charge in [0.1, 0.15) is 35.1 Å². The molecule has 5 amide bonds. The number of amides is 5. The molecule has 1 aromatic rings. The number of fused-ring (bicyclic) bond motifs is 1. The predicted molar refractivity (Wildman–Crippen MR) is 183 cm³/mol. The third-order valence-electron chi connectivity index (χ3n) is 9.40. The molecule has 3 fully saturated rings. The van der Waals surface area contributed by atoms with Gasteiger partial charge in [0.25, 0.3) is 5.91 Å². The summed E-state index contributed by atoms with van der Waals surface area (Å²) in [7, 11) is -3.97. The number of carbonyl (C=O) groups excluding carboxylic acids is 6. The quantitative estimate of drug-likeness (QED) is 0.211. The van der Waals surface area contributed by atoms with Crippen molar-refractivity contribution in [1.29, 1.82) is 0 Å². The van der Waals surface area contributed by atoms with Gasteiger partial charge in [-0.2, -0.15) is 0 Å². The van der Waals surface area contributed by atoms with Crippen LogP contribution in [0.4, 0.5) is 14.0 Å². The Balaban J connectivity index is 1.39. The molecule has 1 aromatic carbocycles. The first-order chi connectivity index (χ1) is 24.2. The van der Waals surface area contributed by atoms with Gasteiger partial charge in [-0.25, -0.2) is 22.4 Å². The van der Waals surface area contributed by atoms with E-state index in [1.807, 2.05) is 0 Å². The maximum absolute atomic E-state index is 14.4. The first kappa shape index (κ1) is 38.4. The number of nitrogens with one attached hydrogen (secondary N) is 3. The number of halogens is 1. The average Bonchev–Trinajstić information content (AvgIpc) is 3.94. The van der Waals surface area contributed by atoms with Gasteiger partial charge in [-0.3, -0.25) is 28.8 Å². The van der Waals surface area contributed by atoms with Crippen molar-refractivity contribution in [1.82, 2.24) is 25.2 Å². The average molecular weight is 746 g/mol. The van der Waals surface area contributed by atoms with Crippen molar-refractivity contribution in [2.75, 3.05) is 6.54 Å². The van der Waals surface area contributed by atoms with E-state index in [9.17, 15) is 41.6 Å². The number of Topliss-reactive ketones (excluding diaryl/α,β-unsaturated/α-hetero) is 1. The highest BCUT2D eigenvalue weighted by molar-refractivity contribution is 7.91. The monoisotopic (exact) mass is 745 g/mol. The summed E-state index contributed by atoms with van der Waals surface area (Å²) in [5.74, 6) is -4.37. The molecule has 0 aromatic heterocycles. The van der Waals surface area contributed by atoms with Gasteiger partial charge < -0.3 is 25.0 Å². The van der Waals surface area contributed by atoms with Gasteiger partial charge >= 0.3 is 12.2 Å². The van der Waals surface area contributed by atoms with Crippen molar-refractivity contribution in [3.8, 4) is 0 Å². The van der Waals surface area contributed by atoms with Gasteiger partial charge in [0.05, 0.1) is 18.3 Å². The predicted octanol–water partition coefficient (Wildman–Crippen LogP) is 2.35. The van der Waals surface area contributed by atoms with E-state index in [2.05, 4.69) is 28.5 Å². The lowest BCUT2D eigenvalue weighted by atomic mass is 10.0. The number of hydrogen-bond donors (Lipinski definition) is 3. The van der Waals surface area contributed by atoms with Crippen molar-refractivity contribution in [2.45, 2.75) is 107 Å². The number of sulfonamides is 1. The molecule has 2 aliphatic heterocycles. The minimum atomic E-state index is -3.97. The fourth-order valence-corrected chi connectivity index (χ4v) is 7.69. The Morgan fingerprint density at radius 1 is 1.13 bits per heavy atom. The lowest BCUT2D eigenvalue weighted by Crippen LogP contribution is -2.58. The van der Waals surface area contributed by atoms with Gasteiger partial charge in [-0.1, -0.05) is 24.8 Å². The summed E-state index contributed by atoms with van der Waals surface area (Å²) in [6.07, 6.45) is -1.48. The van der Waals surface area contributed by atoms with Gasteiger partial charge in [0.2, 0.25) is 21.8 Å². The number of allylic oxidation sites excluding steroid dienone is 1. The van der Waals surface area contributed by atoms with Crippen LogP contribution in [0.1, 0.15) is 70.9 Å². The van der Waals surface area contributed by atoms with E-state index in [1.54, 1.807) is 26.8 Å². The van der Waals surface area contributed by atoms with E-state index in [0.717, 1.165) is 4.90 Å². The molecule has 282 valence electrons. The van der Waals surface area contributed by atoms with Crippen molar-refractivity contribution in [3.63, 3.8) is 0 Å². The SMILES string of the molecule is C=CC1CC1(NC(=O)C1CC(OC(=O)N2Cc3cccc(F)c3C2)CN1C(=O)C(CC(=O)C(=C)C)NC(=O)OC(C)(C)C)C(=O)NS(=O)(=O)C1CC1. The Kier molecular flexibility index (Phi) is 10.6. The Hall–Kier alpha value is -4.80. The fraction of sp³-hybridized carbons (Fsp3) is 0.543. The number of ether oxygens (including phenoxy) is 2. The molecule has 17 heteroatoms. The fourth-order valence-electron chi connectivity index (χ4n) is 6.33. The molecule has 0 bridgehead atoms. The van der Waals surface area contributed by atoms with Crippen LogP contribution in [0.2, 0.25) is 0 Å². The molecule has 0 spiro atoms. The number of ketones is 1. The molecule has 52 heavy (non-hydrogen) atoms. The van der Waals surface area contributed by atoms with E-state index in [0.29, 0.717) is 24.0 Å². The largest absolute Gasteiger partial charge is 0.444 e. The number of nitrogens with zero attached hydrogens (tertiary/aromatic N) is 2. The van der Waals surface area contributed by atoms with Crippen LogP contribution in [-0.4, -0.2) is 95.0 Å². The molecular weight excluding hydrogens is 701 g/mol. The van der Waals surface area contributed by atoms with Crippen LogP contribution >= 0.6 is 0 Å². The van der Waals surface area contributed by atoms with Crippen molar-refractivity contribution < 1.29 is 51.0 Å². The van der Waals surface area contributed by atoms with E-state index in [1.165, 1.54) is 30.0 Å². The van der Waals surface area contributed by atoms with E-state index >= 15 is 0 Å². The first-order valence-electron chi connectivity index (χ1n) is 17.0. The van der Waals surface area contributed by atoms with Gasteiger partial charge in [-0.05, 0) is 64.2 Å². The summed E-state index contributed by atoms with van der Waals surface area (Å²) >= 11 is 0. The molecule has 5 rings (SSSR count). The summed E-state index contributed by atoms with van der Waals surface area (Å²) in [4.78, 5) is 82.9. The third-order valence-corrected chi connectivity index (χ3v) is 11.2. The van der Waals surface area contributed by atoms with Crippen LogP contribution in [0.15, 0.2) is 43.0 Å². The summed E-state index contributed by atoms with van der Waals surface area (Å²) in [6, 6.07) is 1.54. The van der Waals surface area contributed by atoms with Crippen LogP contribution in [0, 0.1) is 11.7 Å². The molecule has 5 unspecified atom stereocenters. The second-order valence-corrected chi connectivity index (χ2v) is 16.7. The van der Waals surface area contributed by atoms with Gasteiger partial charge in [0.15, 0.2) is 5.78 Å². The van der Waals surface area contributed by atoms with Crippen LogP contribution < -0.4 is 15.4 Å². The zero-order chi connectivity index (χ0) is 38.3. The van der Waals surface area contributed by atoms with E-state index < -0.39 is 98.4 Å². The smallest absolute Gasteiger partial charge is 0.410 e. The molecule has 1 saturated heterocycles. The highest BCUT2D eigenvalue weighted by Crippen LogP contribution is 2.45. The van der Waals surface area contributed by atoms with Crippen molar-refractivity contribution in [3.05, 3.63) is 60.0 Å². The normalized spacial score (nSPS) is 24.2. The standard InChI is InChI=1S/C35H44FN5O10S/c1-7-21-15-35(21,31(45)39-52(48,49)23-11-12-23)38-29(43)27-13-22(50-33(47)40-16-20-9-8-10-25(36)24(20)18-40)17-41(27)30(44)26(14-28(42)19(2)3)37-32(46)51-34(4,5)6/h7-10,21-23,26-27H,1-2,11-18H2,3-6H3,(H,37,46)(H,38,43)(H,39,45). The number of carbonyl (C=O) groups is 6. The number of benzene rings is 1. The maximum atomic E-state index is 14.4. The summed E-state index contributed by atoms with van der Waals surface area (Å²) < 4.78 is 52.7. The van der Waals surface area contributed by atoms with Crippen LogP contribution in [0.3, 0.4) is 0 Å². The summed E-state index contributed by atoms with van der Waals surface area (Å²) in [5, 5.41) is 4.33.